The van der Waals surface area contributed by atoms with E-state index in [2.05, 4.69) is 10.3 Å². The molecule has 5 atom stereocenters. The molecule has 1 aromatic carbocycles. The highest BCUT2D eigenvalue weighted by Crippen LogP contribution is 2.70. The van der Waals surface area contributed by atoms with Gasteiger partial charge in [0.2, 0.25) is 0 Å². The Balaban J connectivity index is 1.42. The monoisotopic (exact) mass is 586 g/mol. The van der Waals surface area contributed by atoms with Crippen molar-refractivity contribution >= 4 is 17.4 Å². The summed E-state index contributed by atoms with van der Waals surface area (Å²) in [5.41, 5.74) is -0.530. The zero-order valence-electron chi connectivity index (χ0n) is 23.0. The molecule has 1 heterocycles. The first-order valence-corrected chi connectivity index (χ1v) is 14.2. The number of hydrogen-bond donors (Lipinski definition) is 2. The Morgan fingerprint density at radius 2 is 1.69 bits per heavy atom. The Kier molecular flexibility index (Phi) is 6.72. The first kappa shape index (κ1) is 28.7. The number of nitrogens with zero attached hydrogens (tertiary/aromatic N) is 1. The third-order valence-electron chi connectivity index (χ3n) is 10.3. The maximum Gasteiger partial charge on any atom is 0.456 e. The first-order valence-electron chi connectivity index (χ1n) is 14.2. The molecule has 0 bridgehead atoms. The van der Waals surface area contributed by atoms with Gasteiger partial charge in [-0.2, -0.15) is 22.0 Å². The van der Waals surface area contributed by atoms with Crippen LogP contribution in [0.2, 0.25) is 0 Å². The topological polar surface area (TPSA) is 79.3 Å². The molecule has 4 aliphatic carbocycles. The molecule has 0 saturated heterocycles. The lowest BCUT2D eigenvalue weighted by molar-refractivity contribution is -0.362. The molecular weight excluding hydrogens is 555 g/mol. The van der Waals surface area contributed by atoms with Gasteiger partial charge in [-0.3, -0.25) is 14.6 Å². The van der Waals surface area contributed by atoms with E-state index in [0.29, 0.717) is 42.5 Å². The average Bonchev–Trinajstić information content (AvgIpc) is 3.23. The fourth-order valence-corrected chi connectivity index (χ4v) is 8.22. The van der Waals surface area contributed by atoms with Gasteiger partial charge >= 0.3 is 12.1 Å². The number of anilines is 1. The summed E-state index contributed by atoms with van der Waals surface area (Å²) >= 11 is 0. The molecule has 2 saturated carbocycles. The predicted octanol–water partition coefficient (Wildman–Crippen LogP) is 7.16. The number of aromatic nitrogens is 1. The fraction of sp³-hybridized carbons (Fsp3) is 0.469. The van der Waals surface area contributed by atoms with Gasteiger partial charge in [0.15, 0.2) is 5.78 Å². The number of pyridine rings is 1. The Morgan fingerprint density at radius 3 is 2.36 bits per heavy atom. The standard InChI is InChI=1S/C32H31F5N2O3/c1-29-17-25(18-2-4-19(5-3-18)28(41)39-21-11-14-38-15-12-21)27-23-9-7-22(40)16-20(23)6-8-24(27)26(29)10-13-30(29,42)31(33,34)32(35,36)37/h2-5,11-12,14-16,24-26,42H,6-10,13,17H2,1H3,(H,38,39,41)/t24?,25-,26?,29+,30-/m1/s1. The molecule has 0 radical (unpaired) electrons. The van der Waals surface area contributed by atoms with E-state index in [4.69, 9.17) is 0 Å². The van der Waals surface area contributed by atoms with E-state index in [1.54, 1.807) is 54.9 Å². The summed E-state index contributed by atoms with van der Waals surface area (Å²) in [6.45, 7) is 1.39. The van der Waals surface area contributed by atoms with E-state index in [0.717, 1.165) is 16.7 Å². The van der Waals surface area contributed by atoms with Crippen molar-refractivity contribution in [3.05, 3.63) is 82.7 Å². The van der Waals surface area contributed by atoms with E-state index >= 15 is 8.78 Å². The van der Waals surface area contributed by atoms with Gasteiger partial charge in [0.25, 0.3) is 5.91 Å². The van der Waals surface area contributed by atoms with Crippen molar-refractivity contribution in [2.75, 3.05) is 5.32 Å². The van der Waals surface area contributed by atoms with Crippen LogP contribution in [0.3, 0.4) is 0 Å². The number of nitrogens with one attached hydrogen (secondary N) is 1. The lowest BCUT2D eigenvalue weighted by Gasteiger charge is -2.56. The summed E-state index contributed by atoms with van der Waals surface area (Å²) in [6.07, 6.45) is -0.0323. The van der Waals surface area contributed by atoms with Gasteiger partial charge in [0, 0.05) is 41.4 Å². The van der Waals surface area contributed by atoms with Gasteiger partial charge in [0.05, 0.1) is 0 Å². The minimum Gasteiger partial charge on any atom is -0.383 e. The molecule has 6 rings (SSSR count). The smallest absolute Gasteiger partial charge is 0.383 e. The van der Waals surface area contributed by atoms with Crippen LogP contribution in [0.25, 0.3) is 0 Å². The summed E-state index contributed by atoms with van der Waals surface area (Å²) in [7, 11) is 0. The Hall–Kier alpha value is -3.40. The highest BCUT2D eigenvalue weighted by Gasteiger charge is 2.79. The third-order valence-corrected chi connectivity index (χ3v) is 10.3. The fourth-order valence-electron chi connectivity index (χ4n) is 8.22. The van der Waals surface area contributed by atoms with Crippen molar-refractivity contribution in [3.8, 4) is 0 Å². The van der Waals surface area contributed by atoms with Crippen molar-refractivity contribution in [1.82, 2.24) is 4.98 Å². The molecule has 42 heavy (non-hydrogen) atoms. The van der Waals surface area contributed by atoms with Crippen LogP contribution in [-0.4, -0.2) is 39.5 Å². The molecule has 2 N–H and O–H groups in total. The maximum absolute atomic E-state index is 15.1. The van der Waals surface area contributed by atoms with E-state index in [-0.39, 0.29) is 30.4 Å². The second kappa shape index (κ2) is 9.82. The number of carbonyl (C=O) groups excluding carboxylic acids is 2. The van der Waals surface area contributed by atoms with Crippen LogP contribution >= 0.6 is 0 Å². The van der Waals surface area contributed by atoms with E-state index in [1.807, 2.05) is 0 Å². The highest BCUT2D eigenvalue weighted by atomic mass is 19.4. The van der Waals surface area contributed by atoms with Crippen molar-refractivity contribution in [2.24, 2.45) is 17.3 Å². The number of halogens is 5. The molecule has 2 unspecified atom stereocenters. The van der Waals surface area contributed by atoms with E-state index in [9.17, 15) is 27.9 Å². The number of benzene rings is 1. The van der Waals surface area contributed by atoms with Crippen molar-refractivity contribution in [1.29, 1.82) is 0 Å². The molecular formula is C32H31F5N2O3. The van der Waals surface area contributed by atoms with Crippen LogP contribution in [0.4, 0.5) is 27.6 Å². The maximum atomic E-state index is 15.1. The number of aliphatic hydroxyl groups is 1. The predicted molar refractivity (Wildman–Crippen MR) is 145 cm³/mol. The highest BCUT2D eigenvalue weighted by molar-refractivity contribution is 6.04. The average molecular weight is 587 g/mol. The van der Waals surface area contributed by atoms with Crippen LogP contribution in [0.1, 0.15) is 73.7 Å². The van der Waals surface area contributed by atoms with Gasteiger partial charge in [-0.25, -0.2) is 0 Å². The first-order chi connectivity index (χ1) is 19.8. The zero-order valence-corrected chi connectivity index (χ0v) is 23.0. The summed E-state index contributed by atoms with van der Waals surface area (Å²) in [5, 5.41) is 14.2. The molecule has 0 aliphatic heterocycles. The SMILES string of the molecule is C[C@]12C[C@H](c3ccc(C(=O)Nc4ccncc4)cc3)C3=C4CCC(=O)C=C4CCC3C1CC[C@]2(O)C(F)(F)C(F)(F)F. The number of fused-ring (bicyclic) bond motifs is 4. The summed E-state index contributed by atoms with van der Waals surface area (Å²) in [5.74, 6) is -7.07. The van der Waals surface area contributed by atoms with E-state index < -0.39 is 41.4 Å². The number of carbonyl (C=O) groups is 2. The van der Waals surface area contributed by atoms with Crippen molar-refractivity contribution in [2.45, 2.75) is 75.5 Å². The number of allylic oxidation sites excluding steroid dienone is 4. The largest absolute Gasteiger partial charge is 0.456 e. The Bertz CT molecular complexity index is 1480. The minimum atomic E-state index is -5.90. The molecule has 5 nitrogen and oxygen atoms in total. The lowest BCUT2D eigenvalue weighted by atomic mass is 9.50. The second-order valence-electron chi connectivity index (χ2n) is 12.3. The summed E-state index contributed by atoms with van der Waals surface area (Å²) < 4.78 is 71.5. The molecule has 2 fully saturated rings. The second-order valence-corrected chi connectivity index (χ2v) is 12.3. The van der Waals surface area contributed by atoms with Crippen LogP contribution in [0.5, 0.6) is 0 Å². The summed E-state index contributed by atoms with van der Waals surface area (Å²) in [4.78, 5) is 29.0. The van der Waals surface area contributed by atoms with Crippen molar-refractivity contribution in [3.63, 3.8) is 0 Å². The molecule has 1 aromatic heterocycles. The molecule has 0 spiro atoms. The van der Waals surface area contributed by atoms with Gasteiger partial charge in [-0.15, -0.1) is 0 Å². The normalized spacial score (nSPS) is 31.2. The molecule has 222 valence electrons. The number of ketones is 1. The minimum absolute atomic E-state index is 0.0228. The molecule has 1 amide bonds. The van der Waals surface area contributed by atoms with Gasteiger partial charge in [0.1, 0.15) is 5.60 Å². The van der Waals surface area contributed by atoms with Gasteiger partial charge < -0.3 is 10.4 Å². The number of amides is 1. The van der Waals surface area contributed by atoms with E-state index in [1.165, 1.54) is 6.92 Å². The number of rotatable bonds is 4. The van der Waals surface area contributed by atoms with Crippen LogP contribution in [0.15, 0.2) is 71.6 Å². The third kappa shape index (κ3) is 4.24. The zero-order chi connectivity index (χ0) is 30.1. The quantitative estimate of drug-likeness (QED) is 0.373. The van der Waals surface area contributed by atoms with Crippen LogP contribution in [0, 0.1) is 17.3 Å². The number of hydrogen-bond acceptors (Lipinski definition) is 4. The Labute approximate surface area is 239 Å². The van der Waals surface area contributed by atoms with Crippen LogP contribution in [-0.2, 0) is 4.79 Å². The Morgan fingerprint density at radius 1 is 1.00 bits per heavy atom. The van der Waals surface area contributed by atoms with Crippen molar-refractivity contribution < 1.29 is 36.6 Å². The van der Waals surface area contributed by atoms with Crippen LogP contribution < -0.4 is 5.32 Å². The van der Waals surface area contributed by atoms with Gasteiger partial charge in [-0.05, 0) is 97.4 Å². The summed E-state index contributed by atoms with van der Waals surface area (Å²) in [6, 6.07) is 9.92. The lowest BCUT2D eigenvalue weighted by Crippen LogP contribution is -2.65. The molecule has 10 heteroatoms. The molecule has 2 aromatic rings. The number of alkyl halides is 5. The molecule has 4 aliphatic rings. The van der Waals surface area contributed by atoms with Gasteiger partial charge in [-0.1, -0.05) is 24.6 Å².